The molecule has 0 aliphatic heterocycles. The molecule has 0 spiro atoms. The lowest BCUT2D eigenvalue weighted by Crippen LogP contribution is -2.22. The van der Waals surface area contributed by atoms with Crippen molar-refractivity contribution in [3.8, 4) is 0 Å². The van der Waals surface area contributed by atoms with E-state index in [0.29, 0.717) is 27.5 Å². The first-order chi connectivity index (χ1) is 12.1. The van der Waals surface area contributed by atoms with Crippen molar-refractivity contribution in [1.29, 1.82) is 0 Å². The van der Waals surface area contributed by atoms with Gasteiger partial charge in [-0.3, -0.25) is 14.9 Å². The zero-order valence-electron chi connectivity index (χ0n) is 13.9. The second-order valence-corrected chi connectivity index (χ2v) is 7.22. The monoisotopic (exact) mass is 357 g/mol. The first-order valence-corrected chi connectivity index (χ1v) is 9.02. The minimum atomic E-state index is -0.490. The second kappa shape index (κ2) is 7.57. The molecule has 0 atom stereocenters. The smallest absolute Gasteiger partial charge is 0.307 e. The Morgan fingerprint density at radius 1 is 1.24 bits per heavy atom. The van der Waals surface area contributed by atoms with E-state index in [1.165, 1.54) is 6.20 Å². The summed E-state index contributed by atoms with van der Waals surface area (Å²) in [6.45, 7) is 1.92. The molecule has 1 heterocycles. The number of anilines is 2. The highest BCUT2D eigenvalue weighted by Gasteiger charge is 2.26. The van der Waals surface area contributed by atoms with E-state index in [1.54, 1.807) is 6.07 Å². The van der Waals surface area contributed by atoms with Crippen molar-refractivity contribution in [2.75, 3.05) is 10.6 Å². The lowest BCUT2D eigenvalue weighted by atomic mass is 9.94. The lowest BCUT2D eigenvalue weighted by Gasteiger charge is -2.14. The number of aromatic nitrogens is 1. The van der Waals surface area contributed by atoms with Crippen LogP contribution in [0.1, 0.15) is 51.3 Å². The second-order valence-electron chi connectivity index (χ2n) is 6.16. The van der Waals surface area contributed by atoms with Crippen LogP contribution >= 0.6 is 11.3 Å². The summed E-state index contributed by atoms with van der Waals surface area (Å²) in [7, 11) is 0. The minimum Gasteiger partial charge on any atom is -0.307 e. The number of amides is 2. The van der Waals surface area contributed by atoms with Crippen molar-refractivity contribution in [3.63, 3.8) is 0 Å². The molecular formula is C18H19N3O3S. The Morgan fingerprint density at radius 3 is 2.68 bits per heavy atom. The summed E-state index contributed by atoms with van der Waals surface area (Å²) >= 11 is 1.09. The molecule has 3 rings (SSSR count). The van der Waals surface area contributed by atoms with E-state index in [-0.39, 0.29) is 11.7 Å². The molecule has 0 saturated heterocycles. The van der Waals surface area contributed by atoms with Crippen LogP contribution in [-0.4, -0.2) is 23.1 Å². The molecule has 1 aliphatic rings. The molecule has 1 aliphatic carbocycles. The molecule has 0 bridgehead atoms. The first-order valence-electron chi connectivity index (χ1n) is 8.20. The lowest BCUT2D eigenvalue weighted by molar-refractivity contribution is 0.0923. The molecule has 2 aromatic rings. The van der Waals surface area contributed by atoms with E-state index in [2.05, 4.69) is 15.6 Å². The van der Waals surface area contributed by atoms with Crippen LogP contribution < -0.4 is 10.6 Å². The zero-order valence-corrected chi connectivity index (χ0v) is 14.7. The number of urea groups is 1. The van der Waals surface area contributed by atoms with Gasteiger partial charge >= 0.3 is 6.03 Å². The number of aryl methyl sites for hydroxylation is 1. The third-order valence-corrected chi connectivity index (χ3v) is 5.11. The van der Waals surface area contributed by atoms with Gasteiger partial charge in [-0.15, -0.1) is 0 Å². The zero-order chi connectivity index (χ0) is 17.8. The number of Topliss-reactive ketones (excluding diaryl/α,β-unsaturated/α-hetero) is 1. The standard InChI is InChI=1S/C18H19N3O3S/c1-11-6-7-15(14(8-11)16(23)12-4-2-3-5-12)20-17(24)21-18-19-9-13(10-22)25-18/h6-10,12H,2-5H2,1H3,(H2,19,20,21,24). The fourth-order valence-electron chi connectivity index (χ4n) is 3.03. The number of nitrogens with zero attached hydrogens (tertiary/aromatic N) is 1. The number of hydrogen-bond donors (Lipinski definition) is 2. The highest BCUT2D eigenvalue weighted by atomic mass is 32.1. The SMILES string of the molecule is Cc1ccc(NC(=O)Nc2ncc(C=O)s2)c(C(=O)C2CCCC2)c1. The molecule has 2 amide bonds. The van der Waals surface area contributed by atoms with E-state index < -0.39 is 6.03 Å². The van der Waals surface area contributed by atoms with Gasteiger partial charge in [-0.2, -0.15) is 0 Å². The van der Waals surface area contributed by atoms with E-state index in [9.17, 15) is 14.4 Å². The average Bonchev–Trinajstić information content (AvgIpc) is 3.27. The highest BCUT2D eigenvalue weighted by molar-refractivity contribution is 7.17. The van der Waals surface area contributed by atoms with Crippen molar-refractivity contribution in [3.05, 3.63) is 40.4 Å². The Bertz CT molecular complexity index is 810. The van der Waals surface area contributed by atoms with E-state index in [4.69, 9.17) is 0 Å². The fraction of sp³-hybridized carbons (Fsp3) is 0.333. The van der Waals surface area contributed by atoms with Crippen LogP contribution in [0.5, 0.6) is 0 Å². The molecular weight excluding hydrogens is 338 g/mol. The number of nitrogens with one attached hydrogen (secondary N) is 2. The molecule has 1 fully saturated rings. The number of carbonyl (C=O) groups is 3. The summed E-state index contributed by atoms with van der Waals surface area (Å²) < 4.78 is 0. The van der Waals surface area contributed by atoms with Crippen molar-refractivity contribution in [2.45, 2.75) is 32.6 Å². The van der Waals surface area contributed by atoms with Crippen molar-refractivity contribution in [1.82, 2.24) is 4.98 Å². The Labute approximate surface area is 149 Å². The van der Waals surface area contributed by atoms with Crippen molar-refractivity contribution >= 4 is 40.3 Å². The van der Waals surface area contributed by atoms with Crippen molar-refractivity contribution in [2.24, 2.45) is 5.92 Å². The summed E-state index contributed by atoms with van der Waals surface area (Å²) in [5, 5.41) is 5.64. The maximum Gasteiger partial charge on any atom is 0.325 e. The molecule has 1 saturated carbocycles. The van der Waals surface area contributed by atoms with Crippen LogP contribution in [0, 0.1) is 12.8 Å². The van der Waals surface area contributed by atoms with Gasteiger partial charge in [-0.1, -0.05) is 35.8 Å². The third-order valence-electron chi connectivity index (χ3n) is 4.27. The number of hydrogen-bond acceptors (Lipinski definition) is 5. The normalized spacial score (nSPS) is 14.3. The summed E-state index contributed by atoms with van der Waals surface area (Å²) in [4.78, 5) is 40.0. The Hall–Kier alpha value is -2.54. The van der Waals surface area contributed by atoms with E-state index in [0.717, 1.165) is 42.6 Å². The molecule has 7 heteroatoms. The Kier molecular flexibility index (Phi) is 5.23. The van der Waals surface area contributed by atoms with E-state index in [1.807, 2.05) is 19.1 Å². The van der Waals surface area contributed by atoms with Crippen LogP contribution in [0.2, 0.25) is 0 Å². The molecule has 130 valence electrons. The molecule has 1 aromatic heterocycles. The van der Waals surface area contributed by atoms with Gasteiger partial charge in [0.05, 0.1) is 16.8 Å². The third kappa shape index (κ3) is 4.11. The van der Waals surface area contributed by atoms with Crippen LogP contribution in [0.3, 0.4) is 0 Å². The largest absolute Gasteiger partial charge is 0.325 e. The van der Waals surface area contributed by atoms with Gasteiger partial charge in [0.1, 0.15) is 0 Å². The van der Waals surface area contributed by atoms with Crippen molar-refractivity contribution < 1.29 is 14.4 Å². The minimum absolute atomic E-state index is 0.0412. The number of ketones is 1. The molecule has 0 radical (unpaired) electrons. The Morgan fingerprint density at radius 2 is 2.00 bits per heavy atom. The quantitative estimate of drug-likeness (QED) is 0.617. The molecule has 2 N–H and O–H groups in total. The molecule has 6 nitrogen and oxygen atoms in total. The summed E-state index contributed by atoms with van der Waals surface area (Å²) in [5.74, 6) is 0.133. The number of carbonyl (C=O) groups excluding carboxylic acids is 3. The predicted octanol–water partition coefficient (Wildman–Crippen LogP) is 4.28. The summed E-state index contributed by atoms with van der Waals surface area (Å²) in [6.07, 6.45) is 6.05. The van der Waals surface area contributed by atoms with Gasteiger partial charge in [-0.05, 0) is 31.9 Å². The number of thiazole rings is 1. The van der Waals surface area contributed by atoms with Crippen LogP contribution in [-0.2, 0) is 0 Å². The van der Waals surface area contributed by atoms with Gasteiger partial charge < -0.3 is 5.32 Å². The predicted molar refractivity (Wildman–Crippen MR) is 97.6 cm³/mol. The summed E-state index contributed by atoms with van der Waals surface area (Å²) in [6, 6.07) is 4.94. The topological polar surface area (TPSA) is 88.2 Å². The molecule has 0 unspecified atom stereocenters. The van der Waals surface area contributed by atoms with Gasteiger partial charge in [0.25, 0.3) is 0 Å². The Balaban J connectivity index is 1.75. The van der Waals surface area contributed by atoms with Gasteiger partial charge in [0.2, 0.25) is 0 Å². The van der Waals surface area contributed by atoms with Gasteiger partial charge in [-0.25, -0.2) is 9.78 Å². The fourth-order valence-corrected chi connectivity index (χ4v) is 3.65. The molecule has 25 heavy (non-hydrogen) atoms. The first kappa shape index (κ1) is 17.3. The average molecular weight is 357 g/mol. The maximum atomic E-state index is 12.8. The molecule has 1 aromatic carbocycles. The highest BCUT2D eigenvalue weighted by Crippen LogP contribution is 2.31. The number of benzene rings is 1. The van der Waals surface area contributed by atoms with Gasteiger partial charge in [0.15, 0.2) is 17.2 Å². The number of rotatable bonds is 5. The summed E-state index contributed by atoms with van der Waals surface area (Å²) in [5.41, 5.74) is 2.02. The van der Waals surface area contributed by atoms with Crippen LogP contribution in [0.15, 0.2) is 24.4 Å². The van der Waals surface area contributed by atoms with E-state index >= 15 is 0 Å². The maximum absolute atomic E-state index is 12.8. The number of aldehydes is 1. The van der Waals surface area contributed by atoms with Crippen LogP contribution in [0.25, 0.3) is 0 Å². The van der Waals surface area contributed by atoms with Crippen LogP contribution in [0.4, 0.5) is 15.6 Å². The van der Waals surface area contributed by atoms with Gasteiger partial charge in [0, 0.05) is 11.5 Å².